The highest BCUT2D eigenvalue weighted by atomic mass is 35.5. The maximum Gasteiger partial charge on any atom is 0.117 e. The van der Waals surface area contributed by atoms with E-state index >= 15 is 0 Å². The molecule has 2 aromatic carbocycles. The molecule has 0 aliphatic rings. The highest BCUT2D eigenvalue weighted by molar-refractivity contribution is 6.30. The Labute approximate surface area is 143 Å². The quantitative estimate of drug-likeness (QED) is 0.813. The maximum atomic E-state index is 9.79. The Morgan fingerprint density at radius 2 is 1.74 bits per heavy atom. The molecule has 0 saturated carbocycles. The molecule has 1 unspecified atom stereocenters. The van der Waals surface area contributed by atoms with Gasteiger partial charge < -0.3 is 14.7 Å². The van der Waals surface area contributed by atoms with Gasteiger partial charge in [0.15, 0.2) is 0 Å². The average molecular weight is 334 g/mol. The van der Waals surface area contributed by atoms with Crippen molar-refractivity contribution in [3.63, 3.8) is 0 Å². The number of nitrogens with zero attached hydrogens (tertiary/aromatic N) is 1. The van der Waals surface area contributed by atoms with Crippen molar-refractivity contribution in [1.29, 1.82) is 0 Å². The summed E-state index contributed by atoms with van der Waals surface area (Å²) in [5, 5.41) is 10.3. The second-order valence-electron chi connectivity index (χ2n) is 5.88. The lowest BCUT2D eigenvalue weighted by Gasteiger charge is -2.25. The standard InChI is InChI=1S/C19H24ClNO2/c1-4-23-13-15-7-5-14(6-8-15)9-19(21(2)3)16-10-17(20)12-18(22)11-16/h5-8,10-12,19,22H,4,9,13H2,1-3H3. The molecule has 0 saturated heterocycles. The lowest BCUT2D eigenvalue weighted by Crippen LogP contribution is -2.22. The minimum absolute atomic E-state index is 0.150. The van der Waals surface area contributed by atoms with Crippen LogP contribution in [-0.4, -0.2) is 30.7 Å². The van der Waals surface area contributed by atoms with Gasteiger partial charge in [-0.2, -0.15) is 0 Å². The van der Waals surface area contributed by atoms with Crippen LogP contribution in [0.2, 0.25) is 5.02 Å². The molecule has 1 N–H and O–H groups in total. The van der Waals surface area contributed by atoms with E-state index in [1.165, 1.54) is 11.1 Å². The SMILES string of the molecule is CCOCc1ccc(CC(c2cc(O)cc(Cl)c2)N(C)C)cc1. The van der Waals surface area contributed by atoms with Crippen LogP contribution >= 0.6 is 11.6 Å². The monoisotopic (exact) mass is 333 g/mol. The molecule has 0 aromatic heterocycles. The molecule has 2 aromatic rings. The lowest BCUT2D eigenvalue weighted by molar-refractivity contribution is 0.134. The number of benzene rings is 2. The van der Waals surface area contributed by atoms with Crippen molar-refractivity contribution in [3.8, 4) is 5.75 Å². The van der Waals surface area contributed by atoms with Gasteiger partial charge in [-0.05, 0) is 62.3 Å². The van der Waals surface area contributed by atoms with Crippen LogP contribution in [0.5, 0.6) is 5.75 Å². The number of phenolic OH excluding ortho intramolecular Hbond substituents is 1. The van der Waals surface area contributed by atoms with Gasteiger partial charge in [0.1, 0.15) is 5.75 Å². The molecule has 0 heterocycles. The van der Waals surface area contributed by atoms with E-state index in [4.69, 9.17) is 16.3 Å². The highest BCUT2D eigenvalue weighted by Crippen LogP contribution is 2.29. The average Bonchev–Trinajstić information content (AvgIpc) is 2.50. The number of hydrogen-bond donors (Lipinski definition) is 1. The number of rotatable bonds is 7. The summed E-state index contributed by atoms with van der Waals surface area (Å²) in [6.07, 6.45) is 0.849. The summed E-state index contributed by atoms with van der Waals surface area (Å²) < 4.78 is 5.42. The number of halogens is 1. The third-order valence-electron chi connectivity index (χ3n) is 3.84. The minimum Gasteiger partial charge on any atom is -0.508 e. The van der Waals surface area contributed by atoms with Gasteiger partial charge in [0.2, 0.25) is 0 Å². The fourth-order valence-corrected chi connectivity index (χ4v) is 2.84. The predicted octanol–water partition coefficient (Wildman–Crippen LogP) is 4.43. The molecule has 124 valence electrons. The lowest BCUT2D eigenvalue weighted by atomic mass is 9.97. The molecule has 0 bridgehead atoms. The van der Waals surface area contributed by atoms with Crippen molar-refractivity contribution >= 4 is 11.6 Å². The molecule has 0 aliphatic heterocycles. The van der Waals surface area contributed by atoms with Gasteiger partial charge in [0, 0.05) is 17.7 Å². The first-order valence-electron chi connectivity index (χ1n) is 7.81. The molecule has 0 spiro atoms. The largest absolute Gasteiger partial charge is 0.508 e. The summed E-state index contributed by atoms with van der Waals surface area (Å²) in [6.45, 7) is 3.37. The number of hydrogen-bond acceptors (Lipinski definition) is 3. The van der Waals surface area contributed by atoms with Crippen LogP contribution in [-0.2, 0) is 17.8 Å². The molecule has 0 aliphatic carbocycles. The fourth-order valence-electron chi connectivity index (χ4n) is 2.60. The molecule has 1 atom stereocenters. The van der Waals surface area contributed by atoms with E-state index in [0.717, 1.165) is 18.6 Å². The van der Waals surface area contributed by atoms with Crippen molar-refractivity contribution in [1.82, 2.24) is 4.90 Å². The van der Waals surface area contributed by atoms with Gasteiger partial charge in [0.05, 0.1) is 6.61 Å². The van der Waals surface area contributed by atoms with E-state index in [2.05, 4.69) is 29.2 Å². The van der Waals surface area contributed by atoms with Crippen LogP contribution in [0, 0.1) is 0 Å². The van der Waals surface area contributed by atoms with E-state index in [-0.39, 0.29) is 11.8 Å². The van der Waals surface area contributed by atoms with E-state index in [1.54, 1.807) is 12.1 Å². The summed E-state index contributed by atoms with van der Waals surface area (Å²) >= 11 is 6.08. The van der Waals surface area contributed by atoms with Gasteiger partial charge in [-0.25, -0.2) is 0 Å². The number of aromatic hydroxyl groups is 1. The Morgan fingerprint density at radius 3 is 2.30 bits per heavy atom. The molecule has 0 radical (unpaired) electrons. The molecule has 0 amide bonds. The van der Waals surface area contributed by atoms with Crippen molar-refractivity contribution < 1.29 is 9.84 Å². The Morgan fingerprint density at radius 1 is 1.09 bits per heavy atom. The van der Waals surface area contributed by atoms with Crippen molar-refractivity contribution in [2.45, 2.75) is 26.0 Å². The van der Waals surface area contributed by atoms with Crippen LogP contribution in [0.1, 0.15) is 29.7 Å². The number of likely N-dealkylation sites (N-methyl/N-ethyl adjacent to an activating group) is 1. The summed E-state index contributed by atoms with van der Waals surface area (Å²) in [5.74, 6) is 0.200. The Balaban J connectivity index is 2.16. The number of phenols is 1. The first-order chi connectivity index (χ1) is 11.0. The molecule has 2 rings (SSSR count). The van der Waals surface area contributed by atoms with Gasteiger partial charge >= 0.3 is 0 Å². The van der Waals surface area contributed by atoms with Gasteiger partial charge in [-0.3, -0.25) is 0 Å². The predicted molar refractivity (Wildman–Crippen MR) is 95.0 cm³/mol. The zero-order valence-electron chi connectivity index (χ0n) is 13.9. The van der Waals surface area contributed by atoms with Crippen molar-refractivity contribution in [2.75, 3.05) is 20.7 Å². The Kier molecular flexibility index (Phi) is 6.46. The van der Waals surface area contributed by atoms with Crippen LogP contribution in [0.3, 0.4) is 0 Å². The first kappa shape index (κ1) is 17.8. The molecule has 4 heteroatoms. The summed E-state index contributed by atoms with van der Waals surface area (Å²) in [4.78, 5) is 2.14. The second-order valence-corrected chi connectivity index (χ2v) is 6.32. The fraction of sp³-hybridized carbons (Fsp3) is 0.368. The van der Waals surface area contributed by atoms with Crippen LogP contribution in [0.4, 0.5) is 0 Å². The third-order valence-corrected chi connectivity index (χ3v) is 4.06. The zero-order chi connectivity index (χ0) is 16.8. The summed E-state index contributed by atoms with van der Waals surface area (Å²) in [7, 11) is 4.07. The summed E-state index contributed by atoms with van der Waals surface area (Å²) in [6, 6.07) is 13.9. The molecular weight excluding hydrogens is 310 g/mol. The topological polar surface area (TPSA) is 32.7 Å². The van der Waals surface area contributed by atoms with Gasteiger partial charge in [0.25, 0.3) is 0 Å². The molecule has 23 heavy (non-hydrogen) atoms. The normalized spacial score (nSPS) is 12.6. The van der Waals surface area contributed by atoms with Crippen molar-refractivity contribution in [2.24, 2.45) is 0 Å². The summed E-state index contributed by atoms with van der Waals surface area (Å²) in [5.41, 5.74) is 3.43. The Hall–Kier alpha value is -1.55. The van der Waals surface area contributed by atoms with Gasteiger partial charge in [-0.15, -0.1) is 0 Å². The van der Waals surface area contributed by atoms with Crippen molar-refractivity contribution in [3.05, 3.63) is 64.2 Å². The molecule has 0 fully saturated rings. The second kappa shape index (κ2) is 8.34. The van der Waals surface area contributed by atoms with E-state index in [1.807, 2.05) is 27.1 Å². The maximum absolute atomic E-state index is 9.79. The Bertz CT molecular complexity index is 606. The van der Waals surface area contributed by atoms with Crippen LogP contribution < -0.4 is 0 Å². The minimum atomic E-state index is 0.150. The highest BCUT2D eigenvalue weighted by Gasteiger charge is 2.16. The van der Waals surface area contributed by atoms with E-state index in [9.17, 15) is 5.11 Å². The van der Waals surface area contributed by atoms with Gasteiger partial charge in [-0.1, -0.05) is 35.9 Å². The smallest absolute Gasteiger partial charge is 0.117 e. The molecule has 3 nitrogen and oxygen atoms in total. The van der Waals surface area contributed by atoms with E-state index < -0.39 is 0 Å². The first-order valence-corrected chi connectivity index (χ1v) is 8.19. The van der Waals surface area contributed by atoms with Crippen LogP contribution in [0.25, 0.3) is 0 Å². The zero-order valence-corrected chi connectivity index (χ0v) is 14.7. The number of ether oxygens (including phenoxy) is 1. The molecular formula is C19H24ClNO2. The third kappa shape index (κ3) is 5.24. The van der Waals surface area contributed by atoms with Crippen LogP contribution in [0.15, 0.2) is 42.5 Å². The van der Waals surface area contributed by atoms with E-state index in [0.29, 0.717) is 11.6 Å².